The first kappa shape index (κ1) is 19.0. The number of nitrogens with two attached hydrogens (primary N) is 1. The second-order valence-electron chi connectivity index (χ2n) is 4.98. The van der Waals surface area contributed by atoms with Crippen molar-refractivity contribution in [3.05, 3.63) is 29.8 Å². The van der Waals surface area contributed by atoms with Gasteiger partial charge in [0, 0.05) is 25.0 Å². The van der Waals surface area contributed by atoms with Crippen LogP contribution in [-0.2, 0) is 9.59 Å². The molecule has 0 saturated carbocycles. The second kappa shape index (κ2) is 9.19. The molecule has 1 rings (SSSR count). The average Bonchev–Trinajstić information content (AvgIpc) is 2.53. The Kier molecular flexibility index (Phi) is 7.61. The van der Waals surface area contributed by atoms with Crippen LogP contribution in [0.4, 0.5) is 0 Å². The molecule has 23 heavy (non-hydrogen) atoms. The predicted molar refractivity (Wildman–Crippen MR) is 91.2 cm³/mol. The van der Waals surface area contributed by atoms with Crippen LogP contribution in [0.2, 0.25) is 0 Å². The Morgan fingerprint density at radius 3 is 2.30 bits per heavy atom. The highest BCUT2D eigenvalue weighted by molar-refractivity contribution is 8.00. The third kappa shape index (κ3) is 5.59. The molecule has 0 heterocycles. The number of hydrogen-bond acceptors (Lipinski definition) is 4. The van der Waals surface area contributed by atoms with Crippen molar-refractivity contribution in [2.24, 2.45) is 5.73 Å². The fourth-order valence-electron chi connectivity index (χ4n) is 2.07. The van der Waals surface area contributed by atoms with Gasteiger partial charge in [-0.05, 0) is 26.0 Å². The Balaban J connectivity index is 2.84. The van der Waals surface area contributed by atoms with Gasteiger partial charge in [-0.1, -0.05) is 12.1 Å². The molecular formula is C16H23N3O3S. The summed E-state index contributed by atoms with van der Waals surface area (Å²) in [6, 6.07) is 6.99. The van der Waals surface area contributed by atoms with E-state index in [1.165, 1.54) is 16.7 Å². The minimum absolute atomic E-state index is 0.0231. The summed E-state index contributed by atoms with van der Waals surface area (Å²) in [6.45, 7) is 5.05. The molecule has 0 aliphatic heterocycles. The van der Waals surface area contributed by atoms with Crippen molar-refractivity contribution in [2.75, 3.05) is 32.4 Å². The zero-order chi connectivity index (χ0) is 17.4. The van der Waals surface area contributed by atoms with Crippen LogP contribution in [0.3, 0.4) is 0 Å². The quantitative estimate of drug-likeness (QED) is 0.723. The van der Waals surface area contributed by atoms with Gasteiger partial charge in [0.05, 0.1) is 17.9 Å². The molecule has 6 nitrogen and oxygen atoms in total. The molecule has 0 saturated heterocycles. The van der Waals surface area contributed by atoms with Gasteiger partial charge in [0.25, 0.3) is 5.91 Å². The van der Waals surface area contributed by atoms with E-state index in [9.17, 15) is 14.4 Å². The highest BCUT2D eigenvalue weighted by atomic mass is 32.2. The maximum Gasteiger partial charge on any atom is 0.255 e. The Bertz CT molecular complexity index is 573. The zero-order valence-corrected chi connectivity index (χ0v) is 14.6. The summed E-state index contributed by atoms with van der Waals surface area (Å²) in [5.41, 5.74) is 5.62. The predicted octanol–water partition coefficient (Wildman–Crippen LogP) is 1.20. The number of nitrogens with zero attached hydrogens (tertiary/aromatic N) is 2. The molecule has 0 unspecified atom stereocenters. The lowest BCUT2D eigenvalue weighted by Gasteiger charge is -2.23. The van der Waals surface area contributed by atoms with E-state index >= 15 is 0 Å². The largest absolute Gasteiger partial charge is 0.369 e. The normalized spacial score (nSPS) is 10.2. The summed E-state index contributed by atoms with van der Waals surface area (Å²) in [6.07, 6.45) is 0. The van der Waals surface area contributed by atoms with Gasteiger partial charge in [-0.15, -0.1) is 11.8 Å². The number of carbonyl (C=O) groups excluding carboxylic acids is 3. The van der Waals surface area contributed by atoms with Gasteiger partial charge in [-0.25, -0.2) is 0 Å². The fraction of sp³-hybridized carbons (Fsp3) is 0.438. The van der Waals surface area contributed by atoms with Gasteiger partial charge in [-0.3, -0.25) is 14.4 Å². The first-order chi connectivity index (χ1) is 10.9. The fourth-order valence-corrected chi connectivity index (χ4v) is 2.86. The first-order valence-corrected chi connectivity index (χ1v) is 8.42. The van der Waals surface area contributed by atoms with Crippen molar-refractivity contribution < 1.29 is 14.4 Å². The Hall–Kier alpha value is -2.02. The number of primary amides is 1. The number of thioether (sulfide) groups is 1. The van der Waals surface area contributed by atoms with Crippen LogP contribution in [0.1, 0.15) is 24.2 Å². The molecule has 0 bridgehead atoms. The lowest BCUT2D eigenvalue weighted by Crippen LogP contribution is -2.41. The van der Waals surface area contributed by atoms with E-state index < -0.39 is 5.91 Å². The molecule has 0 radical (unpaired) electrons. The molecule has 0 aliphatic rings. The third-order valence-corrected chi connectivity index (χ3v) is 4.42. The maximum atomic E-state index is 12.6. The Morgan fingerprint density at radius 1 is 1.13 bits per heavy atom. The van der Waals surface area contributed by atoms with Crippen molar-refractivity contribution in [2.45, 2.75) is 18.7 Å². The van der Waals surface area contributed by atoms with Crippen molar-refractivity contribution in [3.63, 3.8) is 0 Å². The average molecular weight is 337 g/mol. The van der Waals surface area contributed by atoms with E-state index in [-0.39, 0.29) is 24.1 Å². The van der Waals surface area contributed by atoms with E-state index in [4.69, 9.17) is 5.73 Å². The van der Waals surface area contributed by atoms with Crippen LogP contribution in [0.25, 0.3) is 0 Å². The van der Waals surface area contributed by atoms with Gasteiger partial charge in [-0.2, -0.15) is 0 Å². The topological polar surface area (TPSA) is 83.7 Å². The zero-order valence-electron chi connectivity index (χ0n) is 13.7. The van der Waals surface area contributed by atoms with Crippen molar-refractivity contribution in [1.82, 2.24) is 9.80 Å². The molecule has 126 valence electrons. The van der Waals surface area contributed by atoms with Gasteiger partial charge in [0.2, 0.25) is 11.8 Å². The van der Waals surface area contributed by atoms with E-state index in [2.05, 4.69) is 0 Å². The summed E-state index contributed by atoms with van der Waals surface area (Å²) in [4.78, 5) is 39.4. The molecule has 1 aromatic carbocycles. The van der Waals surface area contributed by atoms with Crippen LogP contribution < -0.4 is 5.73 Å². The highest BCUT2D eigenvalue weighted by Gasteiger charge is 2.20. The first-order valence-electron chi connectivity index (χ1n) is 7.44. The van der Waals surface area contributed by atoms with Gasteiger partial charge < -0.3 is 15.5 Å². The molecule has 2 N–H and O–H groups in total. The van der Waals surface area contributed by atoms with Crippen LogP contribution >= 0.6 is 11.8 Å². The van der Waals surface area contributed by atoms with Crippen LogP contribution in [0.15, 0.2) is 29.2 Å². The van der Waals surface area contributed by atoms with E-state index in [1.54, 1.807) is 36.2 Å². The summed E-state index contributed by atoms with van der Waals surface area (Å²) in [5.74, 6) is -0.680. The van der Waals surface area contributed by atoms with E-state index in [1.807, 2.05) is 13.8 Å². The van der Waals surface area contributed by atoms with Crippen molar-refractivity contribution >= 4 is 29.5 Å². The number of amides is 3. The standard InChI is InChI=1S/C16H23N3O3S/c1-4-19(5-2)15(21)10-18(3)16(22)12-8-6-7-9-13(12)23-11-14(17)20/h6-9H,4-5,10-11H2,1-3H3,(H2,17,20). The monoisotopic (exact) mass is 337 g/mol. The molecule has 0 fully saturated rings. The van der Waals surface area contributed by atoms with Crippen molar-refractivity contribution in [1.29, 1.82) is 0 Å². The van der Waals surface area contributed by atoms with Crippen LogP contribution in [-0.4, -0.2) is 60.0 Å². The van der Waals surface area contributed by atoms with E-state index in [0.717, 1.165) is 0 Å². The molecule has 0 atom stereocenters. The molecular weight excluding hydrogens is 314 g/mol. The lowest BCUT2D eigenvalue weighted by molar-refractivity contribution is -0.131. The van der Waals surface area contributed by atoms with Crippen LogP contribution in [0.5, 0.6) is 0 Å². The molecule has 0 aromatic heterocycles. The van der Waals surface area contributed by atoms with Crippen molar-refractivity contribution in [3.8, 4) is 0 Å². The number of benzene rings is 1. The SMILES string of the molecule is CCN(CC)C(=O)CN(C)C(=O)c1ccccc1SCC(N)=O. The van der Waals surface area contributed by atoms with Crippen LogP contribution in [0, 0.1) is 0 Å². The number of likely N-dealkylation sites (N-methyl/N-ethyl adjacent to an activating group) is 2. The highest BCUT2D eigenvalue weighted by Crippen LogP contribution is 2.23. The Morgan fingerprint density at radius 2 is 1.74 bits per heavy atom. The summed E-state index contributed by atoms with van der Waals surface area (Å²) >= 11 is 1.22. The molecule has 0 spiro atoms. The lowest BCUT2D eigenvalue weighted by atomic mass is 10.2. The minimum Gasteiger partial charge on any atom is -0.369 e. The second-order valence-corrected chi connectivity index (χ2v) is 6.00. The molecule has 3 amide bonds. The molecule has 0 aliphatic carbocycles. The summed E-state index contributed by atoms with van der Waals surface area (Å²) in [7, 11) is 1.60. The van der Waals surface area contributed by atoms with Gasteiger partial charge in [0.1, 0.15) is 0 Å². The maximum absolute atomic E-state index is 12.6. The Labute approximate surface area is 141 Å². The van der Waals surface area contributed by atoms with E-state index in [0.29, 0.717) is 23.5 Å². The number of hydrogen-bond donors (Lipinski definition) is 1. The number of rotatable bonds is 8. The molecule has 1 aromatic rings. The smallest absolute Gasteiger partial charge is 0.255 e. The third-order valence-electron chi connectivity index (χ3n) is 3.32. The molecule has 7 heteroatoms. The summed E-state index contributed by atoms with van der Waals surface area (Å²) in [5, 5.41) is 0. The minimum atomic E-state index is -0.442. The van der Waals surface area contributed by atoms with Gasteiger partial charge in [0.15, 0.2) is 0 Å². The van der Waals surface area contributed by atoms with Gasteiger partial charge >= 0.3 is 0 Å². The summed E-state index contributed by atoms with van der Waals surface area (Å²) < 4.78 is 0. The number of carbonyl (C=O) groups is 3.